The molecule has 2 unspecified atom stereocenters. The van der Waals surface area contributed by atoms with Gasteiger partial charge in [0.25, 0.3) is 0 Å². The zero-order valence-electron chi connectivity index (χ0n) is 12.4. The molecular weight excluding hydrogens is 274 g/mol. The average molecular weight is 294 g/mol. The number of hydrogen-bond acceptors (Lipinski definition) is 3. The van der Waals surface area contributed by atoms with Crippen LogP contribution in [0.2, 0.25) is 0 Å². The van der Waals surface area contributed by atoms with Crippen molar-refractivity contribution in [2.75, 3.05) is 20.6 Å². The maximum Gasteiger partial charge on any atom is 0.130 e. The molecule has 2 rings (SSSR count). The lowest BCUT2D eigenvalue weighted by Crippen LogP contribution is -2.32. The third kappa shape index (κ3) is 3.89. The van der Waals surface area contributed by atoms with Crippen molar-refractivity contribution >= 4 is 0 Å². The van der Waals surface area contributed by atoms with Crippen LogP contribution in [0.25, 0.3) is 0 Å². The molecule has 0 amide bonds. The molecule has 0 spiro atoms. The number of halogens is 2. The molecular formula is C16H20F2N2O. The van der Waals surface area contributed by atoms with Crippen molar-refractivity contribution in [2.24, 2.45) is 0 Å². The van der Waals surface area contributed by atoms with Crippen molar-refractivity contribution < 1.29 is 13.2 Å². The Morgan fingerprint density at radius 3 is 2.57 bits per heavy atom. The number of likely N-dealkylation sites (N-methyl/N-ethyl adjacent to an activating group) is 1. The van der Waals surface area contributed by atoms with Gasteiger partial charge in [0.05, 0.1) is 12.3 Å². The Morgan fingerprint density at radius 1 is 1.24 bits per heavy atom. The molecule has 21 heavy (non-hydrogen) atoms. The summed E-state index contributed by atoms with van der Waals surface area (Å²) in [6.45, 7) is 2.45. The molecule has 0 aliphatic carbocycles. The summed E-state index contributed by atoms with van der Waals surface area (Å²) in [4.78, 5) is 2.03. The third-order valence-corrected chi connectivity index (χ3v) is 3.54. The zero-order chi connectivity index (χ0) is 15.4. The van der Waals surface area contributed by atoms with Crippen LogP contribution in [0.5, 0.6) is 0 Å². The first-order valence-corrected chi connectivity index (χ1v) is 6.87. The fourth-order valence-electron chi connectivity index (χ4n) is 2.27. The maximum atomic E-state index is 13.7. The second kappa shape index (κ2) is 6.83. The molecule has 0 aliphatic heterocycles. The molecule has 0 bridgehead atoms. The van der Waals surface area contributed by atoms with E-state index in [1.807, 2.05) is 38.1 Å². The summed E-state index contributed by atoms with van der Waals surface area (Å²) in [5, 5.41) is 3.26. The molecule has 0 radical (unpaired) electrons. The molecule has 0 fully saturated rings. The van der Waals surface area contributed by atoms with E-state index in [1.54, 1.807) is 6.26 Å². The van der Waals surface area contributed by atoms with Crippen LogP contribution in [0.1, 0.15) is 30.3 Å². The summed E-state index contributed by atoms with van der Waals surface area (Å²) >= 11 is 0. The number of nitrogens with zero attached hydrogens (tertiary/aromatic N) is 1. The standard InChI is InChI=1S/C16H20F2N2O/c1-11(13-7-6-12(17)9-14(13)18)19-10-15(20(2)3)16-5-4-8-21-16/h4-9,11,15,19H,10H2,1-3H3. The molecule has 0 saturated heterocycles. The number of furan rings is 1. The molecule has 1 aromatic carbocycles. The first kappa shape index (κ1) is 15.7. The minimum Gasteiger partial charge on any atom is -0.468 e. The van der Waals surface area contributed by atoms with Gasteiger partial charge in [-0.3, -0.25) is 4.90 Å². The van der Waals surface area contributed by atoms with Gasteiger partial charge in [0.2, 0.25) is 0 Å². The predicted octanol–water partition coefficient (Wildman–Crippen LogP) is 3.51. The van der Waals surface area contributed by atoms with E-state index in [0.29, 0.717) is 12.1 Å². The molecule has 114 valence electrons. The molecule has 1 N–H and O–H groups in total. The molecule has 3 nitrogen and oxygen atoms in total. The van der Waals surface area contributed by atoms with Gasteiger partial charge in [-0.05, 0) is 39.2 Å². The Balaban J connectivity index is 2.03. The van der Waals surface area contributed by atoms with Crippen molar-refractivity contribution in [1.82, 2.24) is 10.2 Å². The van der Waals surface area contributed by atoms with E-state index < -0.39 is 11.6 Å². The molecule has 5 heteroatoms. The normalized spacial score (nSPS) is 14.4. The lowest BCUT2D eigenvalue weighted by molar-refractivity contribution is 0.245. The van der Waals surface area contributed by atoms with Crippen LogP contribution >= 0.6 is 0 Å². The summed E-state index contributed by atoms with van der Waals surface area (Å²) in [6, 6.07) is 7.23. The predicted molar refractivity (Wildman–Crippen MR) is 77.9 cm³/mol. The molecule has 2 aromatic rings. The Kier molecular flexibility index (Phi) is 5.09. The molecule has 0 aliphatic rings. The lowest BCUT2D eigenvalue weighted by atomic mass is 10.1. The highest BCUT2D eigenvalue weighted by molar-refractivity contribution is 5.21. The number of benzene rings is 1. The van der Waals surface area contributed by atoms with Gasteiger partial charge >= 0.3 is 0 Å². The largest absolute Gasteiger partial charge is 0.468 e. The Labute approximate surface area is 123 Å². The lowest BCUT2D eigenvalue weighted by Gasteiger charge is -2.25. The highest BCUT2D eigenvalue weighted by atomic mass is 19.1. The first-order chi connectivity index (χ1) is 9.99. The summed E-state index contributed by atoms with van der Waals surface area (Å²) < 4.78 is 32.1. The highest BCUT2D eigenvalue weighted by Crippen LogP contribution is 2.21. The van der Waals surface area contributed by atoms with Gasteiger partial charge in [-0.1, -0.05) is 6.07 Å². The van der Waals surface area contributed by atoms with Crippen molar-refractivity contribution in [3.05, 3.63) is 59.6 Å². The number of hydrogen-bond donors (Lipinski definition) is 1. The topological polar surface area (TPSA) is 28.4 Å². The van der Waals surface area contributed by atoms with E-state index in [1.165, 1.54) is 12.1 Å². The van der Waals surface area contributed by atoms with E-state index in [2.05, 4.69) is 5.32 Å². The van der Waals surface area contributed by atoms with Gasteiger partial charge in [0.1, 0.15) is 17.4 Å². The van der Waals surface area contributed by atoms with Crippen molar-refractivity contribution in [3.63, 3.8) is 0 Å². The number of nitrogens with one attached hydrogen (secondary N) is 1. The zero-order valence-corrected chi connectivity index (χ0v) is 12.4. The SMILES string of the molecule is CC(NCC(c1ccco1)N(C)C)c1ccc(F)cc1F. The quantitative estimate of drug-likeness (QED) is 0.883. The van der Waals surface area contributed by atoms with Gasteiger partial charge in [-0.25, -0.2) is 8.78 Å². The van der Waals surface area contributed by atoms with Crippen molar-refractivity contribution in [1.29, 1.82) is 0 Å². The van der Waals surface area contributed by atoms with Gasteiger partial charge in [-0.15, -0.1) is 0 Å². The molecule has 2 atom stereocenters. The van der Waals surface area contributed by atoms with Crippen molar-refractivity contribution in [3.8, 4) is 0 Å². The van der Waals surface area contributed by atoms with E-state index in [9.17, 15) is 8.78 Å². The molecule has 1 heterocycles. The van der Waals surface area contributed by atoms with Crippen LogP contribution in [0.15, 0.2) is 41.0 Å². The summed E-state index contributed by atoms with van der Waals surface area (Å²) in [6.07, 6.45) is 1.63. The van der Waals surface area contributed by atoms with Crippen LogP contribution < -0.4 is 5.32 Å². The fraction of sp³-hybridized carbons (Fsp3) is 0.375. The van der Waals surface area contributed by atoms with Gasteiger partial charge in [-0.2, -0.15) is 0 Å². The third-order valence-electron chi connectivity index (χ3n) is 3.54. The van der Waals surface area contributed by atoms with Gasteiger partial charge < -0.3 is 9.73 Å². The van der Waals surface area contributed by atoms with Crippen LogP contribution in [-0.4, -0.2) is 25.5 Å². The van der Waals surface area contributed by atoms with E-state index in [4.69, 9.17) is 4.42 Å². The first-order valence-electron chi connectivity index (χ1n) is 6.87. The summed E-state index contributed by atoms with van der Waals surface area (Å²) in [7, 11) is 3.91. The van der Waals surface area contributed by atoms with E-state index >= 15 is 0 Å². The monoisotopic (exact) mass is 294 g/mol. The molecule has 1 aromatic heterocycles. The highest BCUT2D eigenvalue weighted by Gasteiger charge is 2.19. The minimum atomic E-state index is -0.565. The van der Waals surface area contributed by atoms with Crippen LogP contribution in [0.4, 0.5) is 8.78 Å². The second-order valence-corrected chi connectivity index (χ2v) is 5.29. The molecule has 0 saturated carbocycles. The van der Waals surface area contributed by atoms with Crippen LogP contribution in [0.3, 0.4) is 0 Å². The summed E-state index contributed by atoms with van der Waals surface area (Å²) in [5.41, 5.74) is 0.452. The second-order valence-electron chi connectivity index (χ2n) is 5.29. The van der Waals surface area contributed by atoms with Crippen LogP contribution in [0, 0.1) is 11.6 Å². The average Bonchev–Trinajstić information content (AvgIpc) is 2.92. The van der Waals surface area contributed by atoms with Crippen LogP contribution in [-0.2, 0) is 0 Å². The smallest absolute Gasteiger partial charge is 0.130 e. The Hall–Kier alpha value is -1.72. The fourth-order valence-corrected chi connectivity index (χ4v) is 2.27. The Morgan fingerprint density at radius 2 is 2.00 bits per heavy atom. The summed E-state index contributed by atoms with van der Waals surface area (Å²) in [5.74, 6) is -0.251. The minimum absolute atomic E-state index is 0.0472. The maximum absolute atomic E-state index is 13.7. The van der Waals surface area contributed by atoms with E-state index in [-0.39, 0.29) is 12.1 Å². The van der Waals surface area contributed by atoms with E-state index in [0.717, 1.165) is 11.8 Å². The van der Waals surface area contributed by atoms with Gasteiger partial charge in [0.15, 0.2) is 0 Å². The Bertz CT molecular complexity index is 570. The van der Waals surface area contributed by atoms with Gasteiger partial charge in [0, 0.05) is 24.2 Å². The number of rotatable bonds is 6. The van der Waals surface area contributed by atoms with Crippen molar-refractivity contribution in [2.45, 2.75) is 19.0 Å².